The Labute approximate surface area is 85.7 Å². The Kier molecular flexibility index (Phi) is 4.07. The Hall–Kier alpha value is 0.270. The van der Waals surface area contributed by atoms with Crippen molar-refractivity contribution in [3.8, 4) is 0 Å². The fourth-order valence-electron chi connectivity index (χ4n) is 1.51. The summed E-state index contributed by atoms with van der Waals surface area (Å²) in [4.78, 5) is 2.48. The molecule has 1 atom stereocenters. The first-order chi connectivity index (χ1) is 5.99. The summed E-state index contributed by atoms with van der Waals surface area (Å²) in [6.07, 6.45) is 0.877. The van der Waals surface area contributed by atoms with Crippen LogP contribution in [0.15, 0.2) is 0 Å². The highest BCUT2D eigenvalue weighted by atomic mass is 32.2. The standard InChI is InChI=1S/C10H21NOS/c1-9-8-13-7-6-11(9)5-4-10(2,3)12/h9,12H,4-8H2,1-3H3. The molecule has 13 heavy (non-hydrogen) atoms. The molecular weight excluding hydrogens is 182 g/mol. The summed E-state index contributed by atoms with van der Waals surface area (Å²) >= 11 is 2.04. The van der Waals surface area contributed by atoms with Gasteiger partial charge in [-0.2, -0.15) is 11.8 Å². The minimum atomic E-state index is -0.510. The highest BCUT2D eigenvalue weighted by Crippen LogP contribution is 2.18. The van der Waals surface area contributed by atoms with E-state index >= 15 is 0 Å². The predicted octanol–water partition coefficient (Wildman–Crippen LogP) is 1.58. The van der Waals surface area contributed by atoms with Gasteiger partial charge in [-0.15, -0.1) is 0 Å². The van der Waals surface area contributed by atoms with Gasteiger partial charge in [0.25, 0.3) is 0 Å². The van der Waals surface area contributed by atoms with Gasteiger partial charge in [-0.05, 0) is 27.2 Å². The van der Waals surface area contributed by atoms with Gasteiger partial charge in [-0.1, -0.05) is 0 Å². The second-order valence-corrected chi connectivity index (χ2v) is 5.67. The first-order valence-electron chi connectivity index (χ1n) is 5.03. The minimum Gasteiger partial charge on any atom is -0.390 e. The van der Waals surface area contributed by atoms with E-state index in [1.165, 1.54) is 18.1 Å². The lowest BCUT2D eigenvalue weighted by Gasteiger charge is -2.34. The summed E-state index contributed by atoms with van der Waals surface area (Å²) in [6, 6.07) is 0.682. The van der Waals surface area contributed by atoms with Crippen LogP contribution in [0.25, 0.3) is 0 Å². The lowest BCUT2D eigenvalue weighted by molar-refractivity contribution is 0.0541. The van der Waals surface area contributed by atoms with E-state index in [4.69, 9.17) is 0 Å². The molecule has 1 aliphatic rings. The largest absolute Gasteiger partial charge is 0.390 e. The average Bonchev–Trinajstić information content (AvgIpc) is 2.01. The second kappa shape index (κ2) is 4.67. The van der Waals surface area contributed by atoms with Crippen molar-refractivity contribution in [3.63, 3.8) is 0 Å². The molecule has 0 amide bonds. The van der Waals surface area contributed by atoms with E-state index in [1.54, 1.807) is 0 Å². The van der Waals surface area contributed by atoms with E-state index < -0.39 is 5.60 Å². The Morgan fingerprint density at radius 1 is 1.54 bits per heavy atom. The van der Waals surface area contributed by atoms with Gasteiger partial charge < -0.3 is 5.11 Å². The number of hydrogen-bond donors (Lipinski definition) is 1. The van der Waals surface area contributed by atoms with Crippen molar-refractivity contribution in [1.29, 1.82) is 0 Å². The van der Waals surface area contributed by atoms with Crippen LogP contribution in [0.1, 0.15) is 27.2 Å². The van der Waals surface area contributed by atoms with Crippen molar-refractivity contribution in [3.05, 3.63) is 0 Å². The Morgan fingerprint density at radius 3 is 2.77 bits per heavy atom. The van der Waals surface area contributed by atoms with Crippen molar-refractivity contribution >= 4 is 11.8 Å². The van der Waals surface area contributed by atoms with Crippen molar-refractivity contribution < 1.29 is 5.11 Å². The first-order valence-corrected chi connectivity index (χ1v) is 6.19. The smallest absolute Gasteiger partial charge is 0.0603 e. The summed E-state index contributed by atoms with van der Waals surface area (Å²) in [7, 11) is 0. The second-order valence-electron chi connectivity index (χ2n) is 4.52. The van der Waals surface area contributed by atoms with Crippen LogP contribution < -0.4 is 0 Å². The summed E-state index contributed by atoms with van der Waals surface area (Å²) in [5, 5.41) is 9.60. The summed E-state index contributed by atoms with van der Waals surface area (Å²) < 4.78 is 0. The molecule has 0 radical (unpaired) electrons. The van der Waals surface area contributed by atoms with Crippen LogP contribution in [0.3, 0.4) is 0 Å². The summed E-state index contributed by atoms with van der Waals surface area (Å²) in [6.45, 7) is 8.26. The topological polar surface area (TPSA) is 23.5 Å². The Morgan fingerprint density at radius 2 is 2.23 bits per heavy atom. The molecule has 2 nitrogen and oxygen atoms in total. The predicted molar refractivity (Wildman–Crippen MR) is 59.3 cm³/mol. The lowest BCUT2D eigenvalue weighted by atomic mass is 10.1. The van der Waals surface area contributed by atoms with E-state index in [0.29, 0.717) is 6.04 Å². The monoisotopic (exact) mass is 203 g/mol. The number of thioether (sulfide) groups is 1. The van der Waals surface area contributed by atoms with Crippen LogP contribution in [0.5, 0.6) is 0 Å². The molecule has 1 unspecified atom stereocenters. The molecule has 0 aromatic heterocycles. The molecular formula is C10H21NOS. The van der Waals surface area contributed by atoms with Crippen molar-refractivity contribution in [2.45, 2.75) is 38.8 Å². The molecule has 1 fully saturated rings. The van der Waals surface area contributed by atoms with E-state index in [9.17, 15) is 5.11 Å². The van der Waals surface area contributed by atoms with Crippen LogP contribution in [-0.2, 0) is 0 Å². The molecule has 0 saturated carbocycles. The van der Waals surface area contributed by atoms with Gasteiger partial charge in [0.15, 0.2) is 0 Å². The molecule has 3 heteroatoms. The number of nitrogens with zero attached hydrogens (tertiary/aromatic N) is 1. The van der Waals surface area contributed by atoms with Gasteiger partial charge in [0.05, 0.1) is 5.60 Å². The third kappa shape index (κ3) is 4.34. The minimum absolute atomic E-state index is 0.510. The van der Waals surface area contributed by atoms with E-state index in [2.05, 4.69) is 11.8 Å². The number of aliphatic hydroxyl groups is 1. The molecule has 0 aromatic rings. The van der Waals surface area contributed by atoms with Gasteiger partial charge >= 0.3 is 0 Å². The summed E-state index contributed by atoms with van der Waals surface area (Å²) in [5.41, 5.74) is -0.510. The molecule has 0 aliphatic carbocycles. The number of hydrogen-bond acceptors (Lipinski definition) is 3. The van der Waals surface area contributed by atoms with E-state index in [-0.39, 0.29) is 0 Å². The van der Waals surface area contributed by atoms with Crippen molar-refractivity contribution in [1.82, 2.24) is 4.90 Å². The molecule has 0 spiro atoms. The Balaban J connectivity index is 2.27. The van der Waals surface area contributed by atoms with Crippen LogP contribution in [-0.4, -0.2) is 46.2 Å². The van der Waals surface area contributed by atoms with Crippen LogP contribution in [0, 0.1) is 0 Å². The highest BCUT2D eigenvalue weighted by molar-refractivity contribution is 7.99. The maximum atomic E-state index is 9.60. The number of rotatable bonds is 3. The van der Waals surface area contributed by atoms with Gasteiger partial charge in [0, 0.05) is 30.6 Å². The first kappa shape index (κ1) is 11.3. The lowest BCUT2D eigenvalue weighted by Crippen LogP contribution is -2.42. The van der Waals surface area contributed by atoms with Crippen LogP contribution in [0.2, 0.25) is 0 Å². The maximum absolute atomic E-state index is 9.60. The quantitative estimate of drug-likeness (QED) is 0.753. The zero-order valence-corrected chi connectivity index (χ0v) is 9.73. The molecule has 1 heterocycles. The molecule has 0 bridgehead atoms. The fourth-order valence-corrected chi connectivity index (χ4v) is 2.59. The zero-order chi connectivity index (χ0) is 9.90. The fraction of sp³-hybridized carbons (Fsp3) is 1.00. The molecule has 1 saturated heterocycles. The van der Waals surface area contributed by atoms with Gasteiger partial charge in [-0.3, -0.25) is 4.90 Å². The van der Waals surface area contributed by atoms with Crippen LogP contribution >= 0.6 is 11.8 Å². The van der Waals surface area contributed by atoms with E-state index in [0.717, 1.165) is 13.0 Å². The van der Waals surface area contributed by atoms with Gasteiger partial charge in [-0.25, -0.2) is 0 Å². The highest BCUT2D eigenvalue weighted by Gasteiger charge is 2.21. The van der Waals surface area contributed by atoms with Crippen molar-refractivity contribution in [2.75, 3.05) is 24.6 Å². The Bertz CT molecular complexity index is 155. The maximum Gasteiger partial charge on any atom is 0.0603 e. The van der Waals surface area contributed by atoms with Gasteiger partial charge in [0.1, 0.15) is 0 Å². The molecule has 1 aliphatic heterocycles. The van der Waals surface area contributed by atoms with Crippen LogP contribution in [0.4, 0.5) is 0 Å². The molecule has 1 rings (SSSR count). The zero-order valence-electron chi connectivity index (χ0n) is 8.92. The van der Waals surface area contributed by atoms with Gasteiger partial charge in [0.2, 0.25) is 0 Å². The molecule has 78 valence electrons. The molecule has 1 N–H and O–H groups in total. The SMILES string of the molecule is CC1CSCCN1CCC(C)(C)O. The summed E-state index contributed by atoms with van der Waals surface area (Å²) in [5.74, 6) is 2.49. The normalized spacial score (nSPS) is 26.3. The average molecular weight is 203 g/mol. The third-order valence-electron chi connectivity index (χ3n) is 2.52. The van der Waals surface area contributed by atoms with E-state index in [1.807, 2.05) is 25.6 Å². The van der Waals surface area contributed by atoms with Crippen molar-refractivity contribution in [2.24, 2.45) is 0 Å². The molecule has 0 aromatic carbocycles. The third-order valence-corrected chi connectivity index (χ3v) is 3.71.